The van der Waals surface area contributed by atoms with E-state index in [1.54, 1.807) is 44.2 Å². The average molecular weight is 1130 g/mol. The predicted octanol–water partition coefficient (Wildman–Crippen LogP) is 10.2. The number of hydrogen-bond donors (Lipinski definition) is 5. The molecule has 10 nitrogen and oxygen atoms in total. The standard InChI is InChI=1S/C18H18BrF2IN2O3.C17H15BrClF2IN2O3/c1-3-11(25)8-27-24-18(26)12-7-13(19)15(20)16(21)17(12)23-14-5-4-10(22)6-9(14)2;1-2-10(25)8-27-24(18)17(26)11-4-5-13(20)15(21)16(11)23-14-6-3-9(22)7-12(14)19/h4-7,11,23,25H,3,8H2,1-2H3,(H,24,26);3-7,10,23,25H,2,8H2,1H3. The molecule has 5 N–H and O–H groups in total. The van der Waals surface area contributed by atoms with Crippen LogP contribution in [0.5, 0.6) is 0 Å². The van der Waals surface area contributed by atoms with Gasteiger partial charge in [-0.2, -0.15) is 0 Å². The van der Waals surface area contributed by atoms with Gasteiger partial charge in [0.05, 0.1) is 66.0 Å². The van der Waals surface area contributed by atoms with Crippen molar-refractivity contribution in [2.45, 2.75) is 45.8 Å². The summed E-state index contributed by atoms with van der Waals surface area (Å²) in [5, 5.41) is 24.7. The molecule has 0 aliphatic rings. The third-order valence-electron chi connectivity index (χ3n) is 7.29. The van der Waals surface area contributed by atoms with Crippen LogP contribution in [0.25, 0.3) is 0 Å². The molecule has 0 saturated carbocycles. The first-order valence-corrected chi connectivity index (χ1v) is 19.8. The first-order chi connectivity index (χ1) is 25.5. The lowest BCUT2D eigenvalue weighted by Gasteiger charge is -2.19. The fourth-order valence-corrected chi connectivity index (χ4v) is 6.44. The fraction of sp³-hybridized carbons (Fsp3) is 0.257. The van der Waals surface area contributed by atoms with Crippen molar-refractivity contribution in [2.24, 2.45) is 0 Å². The van der Waals surface area contributed by atoms with E-state index in [0.29, 0.717) is 28.3 Å². The number of rotatable bonds is 14. The maximum Gasteiger partial charge on any atom is 0.290 e. The summed E-state index contributed by atoms with van der Waals surface area (Å²) in [5.41, 5.74) is 2.75. The van der Waals surface area contributed by atoms with E-state index in [1.165, 1.54) is 0 Å². The summed E-state index contributed by atoms with van der Waals surface area (Å²) in [6, 6.07) is 13.5. The van der Waals surface area contributed by atoms with E-state index in [0.717, 1.165) is 30.9 Å². The summed E-state index contributed by atoms with van der Waals surface area (Å²) in [6.45, 7) is 5.05. The summed E-state index contributed by atoms with van der Waals surface area (Å²) in [5.74, 6) is -6.23. The molecule has 2 amide bonds. The molecule has 19 heteroatoms. The van der Waals surface area contributed by atoms with Gasteiger partial charge in [-0.3, -0.25) is 19.3 Å². The minimum Gasteiger partial charge on any atom is -0.391 e. The Morgan fingerprint density at radius 3 is 2.02 bits per heavy atom. The minimum absolute atomic E-state index is 0.119. The van der Waals surface area contributed by atoms with Crippen LogP contribution >= 0.6 is 88.9 Å². The lowest BCUT2D eigenvalue weighted by Crippen LogP contribution is -2.29. The summed E-state index contributed by atoms with van der Waals surface area (Å²) in [7, 11) is 0. The third kappa shape index (κ3) is 12.9. The van der Waals surface area contributed by atoms with Gasteiger partial charge in [-0.15, -0.1) is 4.09 Å². The number of nitrogens with one attached hydrogen (secondary N) is 3. The number of halogens is 9. The molecule has 0 aliphatic carbocycles. The minimum atomic E-state index is -1.23. The first kappa shape index (κ1) is 46.1. The van der Waals surface area contributed by atoms with E-state index in [2.05, 4.69) is 93.4 Å². The molecule has 2 atom stereocenters. The van der Waals surface area contributed by atoms with Crippen LogP contribution in [0.15, 0.2) is 59.1 Å². The van der Waals surface area contributed by atoms with E-state index in [-0.39, 0.29) is 45.2 Å². The van der Waals surface area contributed by atoms with E-state index in [1.807, 2.05) is 13.0 Å². The average Bonchev–Trinajstić information content (AvgIpc) is 3.14. The predicted molar refractivity (Wildman–Crippen MR) is 222 cm³/mol. The molecular formula is C35H33Br2ClF4I2N4O6. The number of nitrogens with zero attached hydrogens (tertiary/aromatic N) is 1. The van der Waals surface area contributed by atoms with Crippen molar-refractivity contribution in [3.63, 3.8) is 0 Å². The molecule has 0 aliphatic heterocycles. The Morgan fingerprint density at radius 1 is 0.833 bits per heavy atom. The van der Waals surface area contributed by atoms with Crippen LogP contribution in [0.2, 0.25) is 5.02 Å². The smallest absolute Gasteiger partial charge is 0.290 e. The van der Waals surface area contributed by atoms with Crippen LogP contribution in [0.4, 0.5) is 40.3 Å². The van der Waals surface area contributed by atoms with Gasteiger partial charge in [0.25, 0.3) is 11.8 Å². The summed E-state index contributed by atoms with van der Waals surface area (Å²) < 4.78 is 59.1. The van der Waals surface area contributed by atoms with Crippen molar-refractivity contribution < 1.29 is 47.0 Å². The number of carbonyl (C=O) groups excluding carboxylic acids is 2. The number of aliphatic hydroxyl groups excluding tert-OH is 2. The Balaban J connectivity index is 0.000000290. The highest BCUT2D eigenvalue weighted by Crippen LogP contribution is 2.34. The second-order valence-corrected chi connectivity index (χ2v) is 15.6. The Kier molecular flexibility index (Phi) is 18.6. The molecule has 0 heterocycles. The van der Waals surface area contributed by atoms with Crippen LogP contribution in [0.3, 0.4) is 0 Å². The van der Waals surface area contributed by atoms with Gasteiger partial charge in [0, 0.05) is 12.8 Å². The second-order valence-electron chi connectivity index (χ2n) is 11.2. The third-order valence-corrected chi connectivity index (χ3v) is 10.1. The van der Waals surface area contributed by atoms with E-state index >= 15 is 0 Å². The van der Waals surface area contributed by atoms with Gasteiger partial charge in [-0.1, -0.05) is 25.4 Å². The second kappa shape index (κ2) is 21.8. The number of amides is 2. The maximum atomic E-state index is 14.6. The van der Waals surface area contributed by atoms with Crippen LogP contribution < -0.4 is 16.1 Å². The molecule has 4 rings (SSSR count). The number of anilines is 4. The fourth-order valence-electron chi connectivity index (χ4n) is 4.17. The van der Waals surface area contributed by atoms with Gasteiger partial charge in [-0.25, -0.2) is 23.0 Å². The number of hydrogen-bond acceptors (Lipinski definition) is 8. The van der Waals surface area contributed by atoms with Gasteiger partial charge in [0.1, 0.15) is 13.2 Å². The highest BCUT2D eigenvalue weighted by molar-refractivity contribution is 14.1. The van der Waals surface area contributed by atoms with Crippen LogP contribution in [0.1, 0.15) is 53.0 Å². The number of benzene rings is 4. The molecule has 0 saturated heterocycles. The van der Waals surface area contributed by atoms with E-state index in [4.69, 9.17) is 21.3 Å². The largest absolute Gasteiger partial charge is 0.391 e. The normalized spacial score (nSPS) is 12.0. The van der Waals surface area contributed by atoms with Crippen LogP contribution in [-0.2, 0) is 9.68 Å². The highest BCUT2D eigenvalue weighted by atomic mass is 127. The highest BCUT2D eigenvalue weighted by Gasteiger charge is 2.25. The molecule has 2 unspecified atom stereocenters. The molecule has 0 spiro atoms. The number of carbonyl (C=O) groups is 2. The summed E-state index contributed by atoms with van der Waals surface area (Å²) in [4.78, 5) is 35.0. The first-order valence-electron chi connectivity index (χ1n) is 15.8. The Hall–Kier alpha value is -2.31. The molecule has 4 aromatic rings. The lowest BCUT2D eigenvalue weighted by atomic mass is 10.1. The molecule has 0 fully saturated rings. The van der Waals surface area contributed by atoms with Crippen molar-refractivity contribution in [3.05, 3.63) is 111 Å². The zero-order valence-corrected chi connectivity index (χ0v) is 36.8. The van der Waals surface area contributed by atoms with Crippen LogP contribution in [0, 0.1) is 37.3 Å². The van der Waals surface area contributed by atoms with Crippen molar-refractivity contribution in [1.82, 2.24) is 9.57 Å². The zero-order chi connectivity index (χ0) is 40.3. The van der Waals surface area contributed by atoms with Gasteiger partial charge in [-0.05, 0) is 141 Å². The topological polar surface area (TPSA) is 132 Å². The van der Waals surface area contributed by atoms with Gasteiger partial charge in [0.2, 0.25) is 0 Å². The SMILES string of the molecule is CCC(O)CON(Br)C(=O)c1ccc(F)c(F)c1Nc1ccc(I)cc1Cl.CCC(O)CONC(=O)c1cc(Br)c(F)c(F)c1Nc1ccc(I)cc1C. The zero-order valence-electron chi connectivity index (χ0n) is 28.6. The van der Waals surface area contributed by atoms with Gasteiger partial charge >= 0.3 is 0 Å². The lowest BCUT2D eigenvalue weighted by molar-refractivity contribution is -0.0791. The Morgan fingerprint density at radius 2 is 1.41 bits per heavy atom. The van der Waals surface area contributed by atoms with E-state index in [9.17, 15) is 37.4 Å². The molecule has 0 radical (unpaired) electrons. The summed E-state index contributed by atoms with van der Waals surface area (Å²) in [6.07, 6.45) is -0.635. The number of hydroxylamine groups is 2. The van der Waals surface area contributed by atoms with Crippen molar-refractivity contribution in [3.8, 4) is 0 Å². The van der Waals surface area contributed by atoms with Crippen molar-refractivity contribution in [1.29, 1.82) is 0 Å². The molecule has 0 aromatic heterocycles. The number of aliphatic hydroxyl groups is 2. The van der Waals surface area contributed by atoms with Crippen molar-refractivity contribution in [2.75, 3.05) is 23.8 Å². The van der Waals surface area contributed by atoms with Crippen LogP contribution in [-0.4, -0.2) is 51.5 Å². The summed E-state index contributed by atoms with van der Waals surface area (Å²) >= 11 is 16.1. The van der Waals surface area contributed by atoms with E-state index < -0.39 is 47.3 Å². The molecule has 54 heavy (non-hydrogen) atoms. The van der Waals surface area contributed by atoms with Gasteiger partial charge in [0.15, 0.2) is 23.3 Å². The quantitative estimate of drug-likeness (QED) is 0.0277. The molecular weight excluding hydrogens is 1100 g/mol. The Labute approximate surface area is 358 Å². The number of aryl methyl sites for hydroxylation is 1. The molecule has 0 bridgehead atoms. The molecule has 4 aromatic carbocycles. The van der Waals surface area contributed by atoms with Gasteiger partial charge < -0.3 is 20.8 Å². The maximum absolute atomic E-state index is 14.6. The molecule has 292 valence electrons. The monoisotopic (exact) mass is 1130 g/mol. The van der Waals surface area contributed by atoms with Crippen molar-refractivity contribution >= 4 is 123 Å². The Bertz CT molecular complexity index is 1970.